The van der Waals surface area contributed by atoms with Gasteiger partial charge in [-0.3, -0.25) is 14.5 Å². The monoisotopic (exact) mass is 371 g/mol. The molecule has 1 aliphatic heterocycles. The highest BCUT2D eigenvalue weighted by atomic mass is 16.5. The molecule has 1 atom stereocenters. The van der Waals surface area contributed by atoms with Crippen molar-refractivity contribution in [2.45, 2.75) is 19.4 Å². The number of anilines is 2. The van der Waals surface area contributed by atoms with Gasteiger partial charge < -0.3 is 19.5 Å². The first-order valence-corrected chi connectivity index (χ1v) is 8.44. The number of aromatic nitrogens is 1. The van der Waals surface area contributed by atoms with E-state index in [2.05, 4.69) is 10.3 Å². The van der Waals surface area contributed by atoms with Crippen molar-refractivity contribution in [2.75, 3.05) is 31.0 Å². The number of amides is 2. The number of nitrogens with one attached hydrogen (secondary N) is 1. The van der Waals surface area contributed by atoms with Crippen LogP contribution in [-0.4, -0.2) is 43.2 Å². The van der Waals surface area contributed by atoms with Crippen molar-refractivity contribution in [3.63, 3.8) is 0 Å². The van der Waals surface area contributed by atoms with E-state index in [-0.39, 0.29) is 0 Å². The molecule has 1 aromatic carbocycles. The molecule has 0 aliphatic carbocycles. The minimum Gasteiger partial charge on any atom is -0.497 e. The van der Waals surface area contributed by atoms with E-state index in [1.165, 1.54) is 26.0 Å². The zero-order chi connectivity index (χ0) is 19.6. The lowest BCUT2D eigenvalue weighted by atomic mass is 10.0. The molecule has 1 N–H and O–H groups in total. The lowest BCUT2D eigenvalue weighted by molar-refractivity contribution is -0.145. The van der Waals surface area contributed by atoms with Crippen molar-refractivity contribution in [1.29, 1.82) is 0 Å². The Bertz CT molecular complexity index is 885. The molecular weight excluding hydrogens is 350 g/mol. The maximum atomic E-state index is 13.0. The smallest absolute Gasteiger partial charge is 0.282 e. The number of likely N-dealkylation sites (N-methyl/N-ethyl adjacent to an activating group) is 1. The average Bonchev–Trinajstić information content (AvgIpc) is 2.68. The fraction of sp³-hybridized carbons (Fsp3) is 0.316. The van der Waals surface area contributed by atoms with Crippen LogP contribution in [0.5, 0.6) is 17.2 Å². The summed E-state index contributed by atoms with van der Waals surface area (Å²) in [6.07, 6.45) is 1.57. The lowest BCUT2D eigenvalue weighted by Gasteiger charge is -2.38. The highest BCUT2D eigenvalue weighted by Gasteiger charge is 2.51. The Hall–Kier alpha value is -3.29. The van der Waals surface area contributed by atoms with Crippen LogP contribution in [-0.2, 0) is 9.59 Å². The molecule has 2 aromatic rings. The summed E-state index contributed by atoms with van der Waals surface area (Å²) in [5, 5.41) is 2.72. The van der Waals surface area contributed by atoms with Gasteiger partial charge in [-0.05, 0) is 38.1 Å². The third-order valence-corrected chi connectivity index (χ3v) is 4.38. The molecule has 0 saturated heterocycles. The summed E-state index contributed by atoms with van der Waals surface area (Å²) in [6.45, 7) is 3.61. The first-order chi connectivity index (χ1) is 12.9. The van der Waals surface area contributed by atoms with Gasteiger partial charge in [0.25, 0.3) is 17.4 Å². The van der Waals surface area contributed by atoms with Crippen molar-refractivity contribution >= 4 is 23.3 Å². The maximum absolute atomic E-state index is 13.0. The summed E-state index contributed by atoms with van der Waals surface area (Å²) in [4.78, 5) is 31.7. The first kappa shape index (κ1) is 18.5. The number of methoxy groups -OCH3 is 2. The summed E-state index contributed by atoms with van der Waals surface area (Å²) in [6, 6.07) is 8.35. The quantitative estimate of drug-likeness (QED) is 0.811. The highest BCUT2D eigenvalue weighted by molar-refractivity contribution is 6.19. The molecule has 0 radical (unpaired) electrons. The van der Waals surface area contributed by atoms with Gasteiger partial charge in [0.15, 0.2) is 11.6 Å². The molecule has 0 bridgehead atoms. The lowest BCUT2D eigenvalue weighted by Crippen LogP contribution is -2.60. The van der Waals surface area contributed by atoms with Crippen molar-refractivity contribution < 1.29 is 23.8 Å². The Morgan fingerprint density at radius 1 is 1.30 bits per heavy atom. The van der Waals surface area contributed by atoms with Crippen molar-refractivity contribution in [2.24, 2.45) is 0 Å². The van der Waals surface area contributed by atoms with Crippen LogP contribution in [0.1, 0.15) is 13.8 Å². The average molecular weight is 371 g/mol. The molecule has 27 heavy (non-hydrogen) atoms. The van der Waals surface area contributed by atoms with Crippen LogP contribution in [0, 0.1) is 0 Å². The van der Waals surface area contributed by atoms with Crippen LogP contribution in [0.25, 0.3) is 0 Å². The SMILES string of the molecule is CCN1C(=O)C(C)(C(=O)Nc2cc(OC)ccc2OC)Oc2cccnc21. The van der Waals surface area contributed by atoms with Gasteiger partial charge in [-0.25, -0.2) is 4.98 Å². The Kier molecular flexibility index (Phi) is 4.89. The second kappa shape index (κ2) is 7.14. The van der Waals surface area contributed by atoms with Crippen LogP contribution in [0.4, 0.5) is 11.5 Å². The van der Waals surface area contributed by atoms with Crippen molar-refractivity contribution in [1.82, 2.24) is 4.98 Å². The second-order valence-corrected chi connectivity index (χ2v) is 6.03. The molecule has 1 aliphatic rings. The number of ether oxygens (including phenoxy) is 3. The van der Waals surface area contributed by atoms with Gasteiger partial charge in [0.1, 0.15) is 11.5 Å². The van der Waals surface area contributed by atoms with E-state index in [1.54, 1.807) is 36.5 Å². The number of nitrogens with zero attached hydrogens (tertiary/aromatic N) is 2. The fourth-order valence-corrected chi connectivity index (χ4v) is 2.87. The van der Waals surface area contributed by atoms with E-state index < -0.39 is 17.4 Å². The van der Waals surface area contributed by atoms with Gasteiger partial charge >= 0.3 is 0 Å². The normalized spacial score (nSPS) is 18.4. The van der Waals surface area contributed by atoms with E-state index in [4.69, 9.17) is 14.2 Å². The van der Waals surface area contributed by atoms with Gasteiger partial charge in [-0.2, -0.15) is 0 Å². The molecule has 2 amide bonds. The third kappa shape index (κ3) is 3.14. The standard InChI is InChI=1S/C19H21N3O5/c1-5-22-16-15(7-6-10-20-16)27-19(2,18(22)24)17(23)21-13-11-12(25-3)8-9-14(13)26-4/h6-11H,5H2,1-4H3,(H,21,23). The largest absolute Gasteiger partial charge is 0.497 e. The number of fused-ring (bicyclic) bond motifs is 1. The Balaban J connectivity index is 1.96. The van der Waals surface area contributed by atoms with Crippen LogP contribution >= 0.6 is 0 Å². The molecule has 8 heteroatoms. The molecule has 2 heterocycles. The van der Waals surface area contributed by atoms with E-state index in [1.807, 2.05) is 6.92 Å². The van der Waals surface area contributed by atoms with Gasteiger partial charge in [0, 0.05) is 18.8 Å². The van der Waals surface area contributed by atoms with E-state index in [0.29, 0.717) is 35.3 Å². The number of hydrogen-bond donors (Lipinski definition) is 1. The number of benzene rings is 1. The zero-order valence-corrected chi connectivity index (χ0v) is 15.6. The number of rotatable bonds is 5. The van der Waals surface area contributed by atoms with E-state index >= 15 is 0 Å². The fourth-order valence-electron chi connectivity index (χ4n) is 2.87. The molecule has 0 fully saturated rings. The van der Waals surface area contributed by atoms with Gasteiger partial charge in [-0.1, -0.05) is 0 Å². The van der Waals surface area contributed by atoms with Crippen molar-refractivity contribution in [3.8, 4) is 17.2 Å². The Morgan fingerprint density at radius 3 is 2.74 bits per heavy atom. The molecular formula is C19H21N3O5. The molecule has 0 saturated carbocycles. The van der Waals surface area contributed by atoms with Gasteiger partial charge in [0.2, 0.25) is 0 Å². The molecule has 0 spiro atoms. The predicted octanol–water partition coefficient (Wildman–Crippen LogP) is 2.24. The predicted molar refractivity (Wildman–Crippen MR) is 99.5 cm³/mol. The summed E-state index contributed by atoms with van der Waals surface area (Å²) < 4.78 is 16.3. The summed E-state index contributed by atoms with van der Waals surface area (Å²) >= 11 is 0. The Labute approximate surface area is 157 Å². The molecule has 3 rings (SSSR count). The molecule has 8 nitrogen and oxygen atoms in total. The molecule has 1 aromatic heterocycles. The molecule has 142 valence electrons. The van der Waals surface area contributed by atoms with Crippen LogP contribution < -0.4 is 24.4 Å². The van der Waals surface area contributed by atoms with Crippen LogP contribution in [0.2, 0.25) is 0 Å². The Morgan fingerprint density at radius 2 is 2.07 bits per heavy atom. The van der Waals surface area contributed by atoms with Gasteiger partial charge in [0.05, 0.1) is 19.9 Å². The number of pyridine rings is 1. The van der Waals surface area contributed by atoms with Crippen LogP contribution in [0.3, 0.4) is 0 Å². The van der Waals surface area contributed by atoms with E-state index in [0.717, 1.165) is 0 Å². The first-order valence-electron chi connectivity index (χ1n) is 8.44. The number of carbonyl (C=O) groups is 2. The molecule has 1 unspecified atom stereocenters. The second-order valence-electron chi connectivity index (χ2n) is 6.03. The summed E-state index contributed by atoms with van der Waals surface area (Å²) in [7, 11) is 3.01. The van der Waals surface area contributed by atoms with Crippen LogP contribution in [0.15, 0.2) is 36.5 Å². The maximum Gasteiger partial charge on any atom is 0.282 e. The topological polar surface area (TPSA) is 90.0 Å². The summed E-state index contributed by atoms with van der Waals surface area (Å²) in [5.41, 5.74) is -1.38. The zero-order valence-electron chi connectivity index (χ0n) is 15.6. The van der Waals surface area contributed by atoms with Gasteiger partial charge in [-0.15, -0.1) is 0 Å². The number of hydrogen-bond acceptors (Lipinski definition) is 6. The number of carbonyl (C=O) groups excluding carboxylic acids is 2. The third-order valence-electron chi connectivity index (χ3n) is 4.38. The minimum absolute atomic E-state index is 0.359. The minimum atomic E-state index is -1.75. The van der Waals surface area contributed by atoms with E-state index in [9.17, 15) is 9.59 Å². The van der Waals surface area contributed by atoms with Crippen molar-refractivity contribution in [3.05, 3.63) is 36.5 Å². The highest BCUT2D eigenvalue weighted by Crippen LogP contribution is 2.37. The summed E-state index contributed by atoms with van der Waals surface area (Å²) in [5.74, 6) is 0.633.